The zero-order valence-electron chi connectivity index (χ0n) is 17.3. The summed E-state index contributed by atoms with van der Waals surface area (Å²) in [6, 6.07) is 0.612. The van der Waals surface area contributed by atoms with Crippen molar-refractivity contribution in [3.8, 4) is 0 Å². The summed E-state index contributed by atoms with van der Waals surface area (Å²) in [6.45, 7) is 15.0. The zero-order chi connectivity index (χ0) is 18.4. The largest absolute Gasteiger partial charge is 0.396 e. The number of unbranched alkanes of at least 4 members (excludes halogenated alkanes) is 1. The van der Waals surface area contributed by atoms with Crippen LogP contribution >= 0.6 is 24.0 Å². The summed E-state index contributed by atoms with van der Waals surface area (Å²) in [5.74, 6) is 2.01. The Bertz CT molecular complexity index is 325. The maximum atomic E-state index is 9.22. The third kappa shape index (κ3) is 15.9. The zero-order valence-corrected chi connectivity index (χ0v) is 19.7. The number of nitrogens with one attached hydrogen (secondary N) is 2. The smallest absolute Gasteiger partial charge is 0.191 e. The summed E-state index contributed by atoms with van der Waals surface area (Å²) in [6.07, 6.45) is 4.29. The van der Waals surface area contributed by atoms with E-state index in [9.17, 15) is 5.11 Å². The molecule has 1 unspecified atom stereocenters. The Morgan fingerprint density at radius 2 is 1.80 bits per heavy atom. The third-order valence-electron chi connectivity index (χ3n) is 4.31. The van der Waals surface area contributed by atoms with Crippen LogP contribution in [-0.2, 0) is 0 Å². The van der Waals surface area contributed by atoms with Gasteiger partial charge < -0.3 is 20.6 Å². The summed E-state index contributed by atoms with van der Waals surface area (Å²) in [4.78, 5) is 7.10. The highest BCUT2D eigenvalue weighted by atomic mass is 127. The van der Waals surface area contributed by atoms with E-state index in [1.807, 2.05) is 0 Å². The van der Waals surface area contributed by atoms with Gasteiger partial charge in [-0.25, -0.2) is 0 Å². The molecular formula is C19H43IN4O. The molecule has 6 heteroatoms. The number of aliphatic hydroxyl groups excluding tert-OH is 1. The summed E-state index contributed by atoms with van der Waals surface area (Å²) in [7, 11) is 2.18. The molecule has 152 valence electrons. The van der Waals surface area contributed by atoms with Crippen LogP contribution in [0.3, 0.4) is 0 Å². The van der Waals surface area contributed by atoms with Crippen LogP contribution in [0.5, 0.6) is 0 Å². The van der Waals surface area contributed by atoms with Crippen molar-refractivity contribution in [2.45, 2.75) is 66.3 Å². The summed E-state index contributed by atoms with van der Waals surface area (Å²) in [5.41, 5.74) is 0. The van der Waals surface area contributed by atoms with Gasteiger partial charge in [0, 0.05) is 32.3 Å². The maximum absolute atomic E-state index is 9.22. The third-order valence-corrected chi connectivity index (χ3v) is 4.31. The van der Waals surface area contributed by atoms with Crippen molar-refractivity contribution in [1.29, 1.82) is 0 Å². The standard InChI is InChI=1S/C19H42N4O.HI/c1-7-20-19(21-11-8-9-12-23(6)17(4)5)22-15-18(10-13-24)14-16(2)3;/h16-18,24H,7-15H2,1-6H3,(H2,20,21,22);1H. The van der Waals surface area contributed by atoms with Gasteiger partial charge in [0.25, 0.3) is 0 Å². The SMILES string of the molecule is CCNC(=NCC(CCO)CC(C)C)NCCCCN(C)C(C)C.I. The van der Waals surface area contributed by atoms with Gasteiger partial charge in [-0.05, 0) is 71.9 Å². The molecule has 0 radical (unpaired) electrons. The van der Waals surface area contributed by atoms with E-state index in [0.717, 1.165) is 51.4 Å². The molecule has 3 N–H and O–H groups in total. The van der Waals surface area contributed by atoms with E-state index in [4.69, 9.17) is 4.99 Å². The van der Waals surface area contributed by atoms with Gasteiger partial charge in [-0.1, -0.05) is 13.8 Å². The topological polar surface area (TPSA) is 59.9 Å². The minimum Gasteiger partial charge on any atom is -0.396 e. The summed E-state index contributed by atoms with van der Waals surface area (Å²) >= 11 is 0. The quantitative estimate of drug-likeness (QED) is 0.167. The van der Waals surface area contributed by atoms with Crippen molar-refractivity contribution in [2.24, 2.45) is 16.8 Å². The van der Waals surface area contributed by atoms with E-state index in [0.29, 0.717) is 17.9 Å². The first kappa shape index (κ1) is 27.1. The van der Waals surface area contributed by atoms with Crippen molar-refractivity contribution in [1.82, 2.24) is 15.5 Å². The van der Waals surface area contributed by atoms with E-state index < -0.39 is 0 Å². The van der Waals surface area contributed by atoms with Crippen LogP contribution in [0.2, 0.25) is 0 Å². The monoisotopic (exact) mass is 470 g/mol. The lowest BCUT2D eigenvalue weighted by Crippen LogP contribution is -2.38. The molecule has 0 spiro atoms. The number of aliphatic imine (C=N–C) groups is 1. The average Bonchev–Trinajstić information content (AvgIpc) is 2.51. The molecular weight excluding hydrogens is 427 g/mol. The van der Waals surface area contributed by atoms with Crippen molar-refractivity contribution in [3.05, 3.63) is 0 Å². The molecule has 0 heterocycles. The first-order chi connectivity index (χ1) is 11.4. The number of hydrogen-bond acceptors (Lipinski definition) is 3. The van der Waals surface area contributed by atoms with Crippen LogP contribution in [0.1, 0.15) is 60.3 Å². The fraction of sp³-hybridized carbons (Fsp3) is 0.947. The molecule has 0 rings (SSSR count). The van der Waals surface area contributed by atoms with E-state index in [1.54, 1.807) is 0 Å². The lowest BCUT2D eigenvalue weighted by atomic mass is 9.94. The predicted molar refractivity (Wildman–Crippen MR) is 121 cm³/mol. The van der Waals surface area contributed by atoms with Crippen molar-refractivity contribution in [3.63, 3.8) is 0 Å². The molecule has 0 amide bonds. The molecule has 0 saturated carbocycles. The number of nitrogens with zero attached hydrogens (tertiary/aromatic N) is 2. The number of guanidine groups is 1. The molecule has 0 aromatic carbocycles. The van der Waals surface area contributed by atoms with Crippen LogP contribution in [0, 0.1) is 11.8 Å². The Hall–Kier alpha value is -0.0800. The molecule has 0 saturated heterocycles. The second kappa shape index (κ2) is 17.3. The Kier molecular flexibility index (Phi) is 18.8. The van der Waals surface area contributed by atoms with E-state index in [-0.39, 0.29) is 30.6 Å². The lowest BCUT2D eigenvalue weighted by molar-refractivity contribution is 0.245. The number of aliphatic hydroxyl groups is 1. The first-order valence-electron chi connectivity index (χ1n) is 9.73. The van der Waals surface area contributed by atoms with Gasteiger partial charge in [-0.15, -0.1) is 24.0 Å². The molecule has 0 aromatic heterocycles. The fourth-order valence-corrected chi connectivity index (χ4v) is 2.65. The molecule has 0 bridgehead atoms. The summed E-state index contributed by atoms with van der Waals surface area (Å²) in [5, 5.41) is 16.0. The number of halogens is 1. The maximum Gasteiger partial charge on any atom is 0.191 e. The van der Waals surface area contributed by atoms with Crippen LogP contribution in [-0.4, -0.2) is 61.8 Å². The lowest BCUT2D eigenvalue weighted by Gasteiger charge is -2.21. The first-order valence-corrected chi connectivity index (χ1v) is 9.73. The second-order valence-corrected chi connectivity index (χ2v) is 7.44. The average molecular weight is 470 g/mol. The molecule has 0 aliphatic rings. The Morgan fingerprint density at radius 3 is 2.32 bits per heavy atom. The normalized spacial score (nSPS) is 13.3. The molecule has 0 aliphatic heterocycles. The molecule has 0 aromatic rings. The molecule has 25 heavy (non-hydrogen) atoms. The van der Waals surface area contributed by atoms with Gasteiger partial charge in [0.05, 0.1) is 0 Å². The van der Waals surface area contributed by atoms with Crippen LogP contribution < -0.4 is 10.6 Å². The minimum absolute atomic E-state index is 0. The molecule has 1 atom stereocenters. The van der Waals surface area contributed by atoms with Crippen molar-refractivity contribution in [2.75, 3.05) is 39.8 Å². The van der Waals surface area contributed by atoms with Gasteiger partial charge in [-0.2, -0.15) is 0 Å². The van der Waals surface area contributed by atoms with Crippen molar-refractivity contribution < 1.29 is 5.11 Å². The van der Waals surface area contributed by atoms with Gasteiger partial charge in [0.2, 0.25) is 0 Å². The highest BCUT2D eigenvalue weighted by Crippen LogP contribution is 2.15. The highest BCUT2D eigenvalue weighted by molar-refractivity contribution is 14.0. The van der Waals surface area contributed by atoms with Gasteiger partial charge >= 0.3 is 0 Å². The van der Waals surface area contributed by atoms with Crippen molar-refractivity contribution >= 4 is 29.9 Å². The van der Waals surface area contributed by atoms with Gasteiger partial charge in [-0.3, -0.25) is 4.99 Å². The Morgan fingerprint density at radius 1 is 1.12 bits per heavy atom. The van der Waals surface area contributed by atoms with Crippen LogP contribution in [0.15, 0.2) is 4.99 Å². The molecule has 0 aliphatic carbocycles. The van der Waals surface area contributed by atoms with Crippen LogP contribution in [0.4, 0.5) is 0 Å². The number of rotatable bonds is 13. The molecule has 0 fully saturated rings. The van der Waals surface area contributed by atoms with E-state index >= 15 is 0 Å². The van der Waals surface area contributed by atoms with E-state index in [2.05, 4.69) is 57.2 Å². The van der Waals surface area contributed by atoms with Gasteiger partial charge in [0.1, 0.15) is 0 Å². The Balaban J connectivity index is 0. The second-order valence-electron chi connectivity index (χ2n) is 7.44. The highest BCUT2D eigenvalue weighted by Gasteiger charge is 2.10. The van der Waals surface area contributed by atoms with E-state index in [1.165, 1.54) is 6.42 Å². The fourth-order valence-electron chi connectivity index (χ4n) is 2.65. The minimum atomic E-state index is 0. The van der Waals surface area contributed by atoms with Gasteiger partial charge in [0.15, 0.2) is 5.96 Å². The Labute approximate surface area is 173 Å². The molecule has 5 nitrogen and oxygen atoms in total. The number of hydrogen-bond donors (Lipinski definition) is 3. The predicted octanol–water partition coefficient (Wildman–Crippen LogP) is 3.32. The van der Waals surface area contributed by atoms with Crippen LogP contribution in [0.25, 0.3) is 0 Å². The summed E-state index contributed by atoms with van der Waals surface area (Å²) < 4.78 is 0.